The van der Waals surface area contributed by atoms with Crippen LogP contribution in [0.15, 0.2) is 36.7 Å². The molecule has 3 heterocycles. The molecule has 6 heteroatoms. The quantitative estimate of drug-likeness (QED) is 0.531. The first-order valence-corrected chi connectivity index (χ1v) is 12.4. The number of hydrogen-bond donors (Lipinski definition) is 0. The number of fused-ring (bicyclic) bond motifs is 1. The van der Waals surface area contributed by atoms with Crippen molar-refractivity contribution in [1.29, 1.82) is 0 Å². The average molecular weight is 447 g/mol. The highest BCUT2D eigenvalue weighted by Gasteiger charge is 2.29. The lowest BCUT2D eigenvalue weighted by Gasteiger charge is -2.33. The maximum absolute atomic E-state index is 13.0. The number of ether oxygens (including phenoxy) is 1. The van der Waals surface area contributed by atoms with Gasteiger partial charge in [0, 0.05) is 37.7 Å². The van der Waals surface area contributed by atoms with Crippen LogP contribution in [0.2, 0.25) is 0 Å². The van der Waals surface area contributed by atoms with Crippen molar-refractivity contribution < 1.29 is 9.53 Å². The molecule has 1 aromatic carbocycles. The van der Waals surface area contributed by atoms with Crippen LogP contribution in [0, 0.1) is 13.8 Å². The molecule has 0 radical (unpaired) electrons. The molecule has 0 bridgehead atoms. The van der Waals surface area contributed by atoms with E-state index in [-0.39, 0.29) is 17.9 Å². The molecular formula is C27H34N4O2. The zero-order valence-corrected chi connectivity index (χ0v) is 20.0. The topological polar surface area (TPSA) is 60.2 Å². The van der Waals surface area contributed by atoms with Gasteiger partial charge in [-0.25, -0.2) is 9.97 Å². The highest BCUT2D eigenvalue weighted by atomic mass is 16.5. The summed E-state index contributed by atoms with van der Waals surface area (Å²) in [5, 5.41) is 1.05. The number of rotatable bonds is 5. The Balaban J connectivity index is 1.29. The van der Waals surface area contributed by atoms with Crippen molar-refractivity contribution in [2.45, 2.75) is 77.4 Å². The maximum atomic E-state index is 13.0. The second-order valence-electron chi connectivity index (χ2n) is 9.67. The molecule has 1 saturated carbocycles. The number of aryl methyl sites for hydroxylation is 1. The molecule has 1 aliphatic carbocycles. The molecule has 1 atom stereocenters. The summed E-state index contributed by atoms with van der Waals surface area (Å²) in [4.78, 5) is 24.2. The van der Waals surface area contributed by atoms with Gasteiger partial charge in [-0.1, -0.05) is 43.2 Å². The first-order valence-electron chi connectivity index (χ1n) is 12.4. The summed E-state index contributed by atoms with van der Waals surface area (Å²) in [6.07, 6.45) is 8.36. The Morgan fingerprint density at radius 3 is 2.42 bits per heavy atom. The van der Waals surface area contributed by atoms with E-state index in [0.29, 0.717) is 11.9 Å². The Hall–Kier alpha value is -2.89. The van der Waals surface area contributed by atoms with E-state index in [1.165, 1.54) is 36.9 Å². The van der Waals surface area contributed by atoms with Crippen LogP contribution in [0.4, 0.5) is 0 Å². The van der Waals surface area contributed by atoms with E-state index >= 15 is 0 Å². The highest BCUT2D eigenvalue weighted by molar-refractivity contribution is 5.87. The van der Waals surface area contributed by atoms with Crippen molar-refractivity contribution in [3.63, 3.8) is 0 Å². The molecule has 1 saturated heterocycles. The number of aromatic nitrogens is 3. The van der Waals surface area contributed by atoms with Crippen molar-refractivity contribution in [2.24, 2.45) is 0 Å². The molecule has 0 N–H and O–H groups in total. The van der Waals surface area contributed by atoms with Gasteiger partial charge in [-0.05, 0) is 44.7 Å². The Labute approximate surface area is 196 Å². The molecule has 0 spiro atoms. The van der Waals surface area contributed by atoms with E-state index < -0.39 is 0 Å². The van der Waals surface area contributed by atoms with Crippen molar-refractivity contribution in [2.75, 3.05) is 13.1 Å². The van der Waals surface area contributed by atoms with E-state index in [0.717, 1.165) is 42.5 Å². The highest BCUT2D eigenvalue weighted by Crippen LogP contribution is 2.38. The first-order chi connectivity index (χ1) is 16.0. The monoisotopic (exact) mass is 446 g/mol. The van der Waals surface area contributed by atoms with Crippen LogP contribution in [0.3, 0.4) is 0 Å². The van der Waals surface area contributed by atoms with Gasteiger partial charge in [-0.2, -0.15) is 0 Å². The van der Waals surface area contributed by atoms with E-state index in [2.05, 4.69) is 28.4 Å². The third-order valence-corrected chi connectivity index (χ3v) is 7.69. The lowest BCUT2D eigenvalue weighted by atomic mass is 9.98. The van der Waals surface area contributed by atoms with E-state index in [1.807, 2.05) is 42.2 Å². The summed E-state index contributed by atoms with van der Waals surface area (Å²) in [5.74, 6) is 0.773. The van der Waals surface area contributed by atoms with Crippen molar-refractivity contribution in [3.05, 3.63) is 53.5 Å². The molecule has 2 aromatic heterocycles. The zero-order valence-electron chi connectivity index (χ0n) is 20.0. The number of nitrogens with zero attached hydrogens (tertiary/aromatic N) is 4. The Morgan fingerprint density at radius 2 is 1.73 bits per heavy atom. The summed E-state index contributed by atoms with van der Waals surface area (Å²) in [6, 6.07) is 10.6. The van der Waals surface area contributed by atoms with Gasteiger partial charge in [-0.15, -0.1) is 0 Å². The Morgan fingerprint density at radius 1 is 1.03 bits per heavy atom. The fourth-order valence-corrected chi connectivity index (χ4v) is 5.60. The fraction of sp³-hybridized carbons (Fsp3) is 0.519. The van der Waals surface area contributed by atoms with Crippen LogP contribution < -0.4 is 4.74 Å². The molecule has 1 amide bonds. The normalized spacial score (nSPS) is 18.7. The number of hydrogen-bond acceptors (Lipinski definition) is 4. The molecule has 5 rings (SSSR count). The smallest absolute Gasteiger partial charge is 0.229 e. The second kappa shape index (κ2) is 9.16. The van der Waals surface area contributed by atoms with Crippen LogP contribution in [0.5, 0.6) is 5.88 Å². The predicted octanol–water partition coefficient (Wildman–Crippen LogP) is 5.34. The zero-order chi connectivity index (χ0) is 22.9. The Bertz CT molecular complexity index is 1130. The first kappa shape index (κ1) is 21.9. The number of carbonyl (C=O) groups excluding carboxylic acids is 1. The number of carbonyl (C=O) groups is 1. The largest absolute Gasteiger partial charge is 0.474 e. The van der Waals surface area contributed by atoms with Crippen molar-refractivity contribution >= 4 is 16.9 Å². The molecule has 1 unspecified atom stereocenters. The number of benzene rings is 1. The third kappa shape index (κ3) is 4.11. The summed E-state index contributed by atoms with van der Waals surface area (Å²) in [7, 11) is 0. The second-order valence-corrected chi connectivity index (χ2v) is 9.67. The van der Waals surface area contributed by atoms with Crippen LogP contribution in [0.25, 0.3) is 11.0 Å². The average Bonchev–Trinajstić information content (AvgIpc) is 3.46. The Kier molecular flexibility index (Phi) is 6.09. The van der Waals surface area contributed by atoms with Gasteiger partial charge < -0.3 is 14.2 Å². The molecule has 33 heavy (non-hydrogen) atoms. The molecule has 1 aliphatic heterocycles. The molecule has 174 valence electrons. The predicted molar refractivity (Wildman–Crippen MR) is 130 cm³/mol. The standard InChI is InChI=1S/C27H34N4O2/c1-18-20(3)31(22-11-7-8-12-22)25-24(18)26(29-17-28-25)33-23-13-15-30(16-14-23)27(32)19(2)21-9-5-4-6-10-21/h4-6,9-10,17,19,22-23H,7-8,11-16H2,1-3H3. The van der Waals surface area contributed by atoms with Crippen molar-refractivity contribution in [3.8, 4) is 5.88 Å². The molecular weight excluding hydrogens is 412 g/mol. The van der Waals surface area contributed by atoms with Gasteiger partial charge in [0.2, 0.25) is 11.8 Å². The number of piperidine rings is 1. The third-order valence-electron chi connectivity index (χ3n) is 7.69. The van der Waals surface area contributed by atoms with E-state index in [4.69, 9.17) is 4.74 Å². The van der Waals surface area contributed by atoms with Crippen molar-refractivity contribution in [1.82, 2.24) is 19.4 Å². The van der Waals surface area contributed by atoms with Crippen LogP contribution in [0.1, 0.15) is 74.2 Å². The lowest BCUT2D eigenvalue weighted by molar-refractivity contribution is -0.134. The lowest BCUT2D eigenvalue weighted by Crippen LogP contribution is -2.43. The molecule has 2 aliphatic rings. The fourth-order valence-electron chi connectivity index (χ4n) is 5.60. The molecule has 6 nitrogen and oxygen atoms in total. The van der Waals surface area contributed by atoms with Gasteiger partial charge in [0.1, 0.15) is 18.1 Å². The maximum Gasteiger partial charge on any atom is 0.229 e. The number of amides is 1. The summed E-state index contributed by atoms with van der Waals surface area (Å²) >= 11 is 0. The number of likely N-dealkylation sites (tertiary alicyclic amines) is 1. The minimum atomic E-state index is -0.119. The van der Waals surface area contributed by atoms with Gasteiger partial charge in [0.15, 0.2) is 0 Å². The van der Waals surface area contributed by atoms with E-state index in [9.17, 15) is 4.79 Å². The SMILES string of the molecule is Cc1c(C)n(C2CCCC2)c2ncnc(OC3CCN(C(=O)C(C)c4ccccc4)CC3)c12. The van der Waals surface area contributed by atoms with Crippen LogP contribution >= 0.6 is 0 Å². The summed E-state index contributed by atoms with van der Waals surface area (Å²) in [6.45, 7) is 7.78. The van der Waals surface area contributed by atoms with Gasteiger partial charge in [0.05, 0.1) is 11.3 Å². The minimum absolute atomic E-state index is 0.0636. The van der Waals surface area contributed by atoms with E-state index in [1.54, 1.807) is 6.33 Å². The summed E-state index contributed by atoms with van der Waals surface area (Å²) in [5.41, 5.74) is 4.57. The van der Waals surface area contributed by atoms with Crippen LogP contribution in [-0.4, -0.2) is 44.5 Å². The van der Waals surface area contributed by atoms with Gasteiger partial charge >= 0.3 is 0 Å². The molecule has 3 aromatic rings. The van der Waals surface area contributed by atoms with Crippen LogP contribution in [-0.2, 0) is 4.79 Å². The van der Waals surface area contributed by atoms with Gasteiger partial charge in [-0.3, -0.25) is 4.79 Å². The van der Waals surface area contributed by atoms with Gasteiger partial charge in [0.25, 0.3) is 0 Å². The summed E-state index contributed by atoms with van der Waals surface area (Å²) < 4.78 is 8.87. The molecule has 2 fully saturated rings. The minimum Gasteiger partial charge on any atom is -0.474 e.